The van der Waals surface area contributed by atoms with Gasteiger partial charge in [-0.2, -0.15) is 0 Å². The van der Waals surface area contributed by atoms with E-state index in [1.54, 1.807) is 0 Å². The predicted octanol–water partition coefficient (Wildman–Crippen LogP) is 2.44. The molecule has 0 bridgehead atoms. The number of rotatable bonds is 5. The van der Waals surface area contributed by atoms with Crippen molar-refractivity contribution in [3.8, 4) is 0 Å². The maximum absolute atomic E-state index is 5.85. The number of ether oxygens (including phenoxy) is 1. The zero-order valence-electron chi connectivity index (χ0n) is 10.6. The first-order valence-electron chi connectivity index (χ1n) is 6.45. The zero-order chi connectivity index (χ0) is 12.1. The lowest BCUT2D eigenvalue weighted by molar-refractivity contribution is 0.0517. The zero-order valence-corrected chi connectivity index (χ0v) is 10.6. The van der Waals surface area contributed by atoms with Crippen molar-refractivity contribution in [2.75, 3.05) is 32.0 Å². The Morgan fingerprint density at radius 3 is 2.82 bits per heavy atom. The maximum atomic E-state index is 5.85. The van der Waals surface area contributed by atoms with Crippen LogP contribution in [0.15, 0.2) is 24.3 Å². The third kappa shape index (κ3) is 3.72. The summed E-state index contributed by atoms with van der Waals surface area (Å²) in [5, 5.41) is 0. The van der Waals surface area contributed by atoms with Crippen molar-refractivity contribution in [2.45, 2.75) is 25.9 Å². The van der Waals surface area contributed by atoms with Crippen molar-refractivity contribution in [2.24, 2.45) is 0 Å². The summed E-state index contributed by atoms with van der Waals surface area (Å²) in [5.74, 6) is 0. The van der Waals surface area contributed by atoms with Gasteiger partial charge in [0, 0.05) is 12.2 Å². The molecule has 0 spiro atoms. The fourth-order valence-electron chi connectivity index (χ4n) is 2.27. The van der Waals surface area contributed by atoms with Crippen LogP contribution >= 0.6 is 0 Å². The number of anilines is 1. The van der Waals surface area contributed by atoms with E-state index < -0.39 is 0 Å². The van der Waals surface area contributed by atoms with Gasteiger partial charge in [-0.1, -0.05) is 12.1 Å². The molecule has 0 aromatic heterocycles. The topological polar surface area (TPSA) is 38.5 Å². The van der Waals surface area contributed by atoms with E-state index in [1.807, 2.05) is 18.2 Å². The summed E-state index contributed by atoms with van der Waals surface area (Å²) in [6.07, 6.45) is 2.80. The Labute approximate surface area is 104 Å². The van der Waals surface area contributed by atoms with Crippen LogP contribution in [0.5, 0.6) is 0 Å². The van der Waals surface area contributed by atoms with E-state index in [-0.39, 0.29) is 6.10 Å². The fraction of sp³-hybridized carbons (Fsp3) is 0.571. The second-order valence-corrected chi connectivity index (χ2v) is 4.73. The van der Waals surface area contributed by atoms with Gasteiger partial charge in [0.15, 0.2) is 0 Å². The first-order valence-corrected chi connectivity index (χ1v) is 6.45. The summed E-state index contributed by atoms with van der Waals surface area (Å²) in [7, 11) is 0. The highest BCUT2D eigenvalue weighted by Crippen LogP contribution is 2.19. The normalized spacial score (nSPS) is 18.4. The van der Waals surface area contributed by atoms with E-state index in [9.17, 15) is 0 Å². The summed E-state index contributed by atoms with van der Waals surface area (Å²) >= 11 is 0. The molecule has 2 N–H and O–H groups in total. The number of nitrogens with two attached hydrogens (primary N) is 1. The Morgan fingerprint density at radius 2 is 2.12 bits per heavy atom. The molecule has 1 aliphatic heterocycles. The lowest BCUT2D eigenvalue weighted by Gasteiger charge is -2.18. The minimum Gasteiger partial charge on any atom is -0.399 e. The highest BCUT2D eigenvalue weighted by atomic mass is 16.5. The smallest absolute Gasteiger partial charge is 0.0798 e. The van der Waals surface area contributed by atoms with Crippen molar-refractivity contribution >= 4 is 5.69 Å². The quantitative estimate of drug-likeness (QED) is 0.795. The molecule has 0 radical (unpaired) electrons. The molecule has 1 heterocycles. The Bertz CT molecular complexity index is 348. The lowest BCUT2D eigenvalue weighted by Crippen LogP contribution is -2.24. The molecule has 0 amide bonds. The van der Waals surface area contributed by atoms with Crippen LogP contribution in [0.1, 0.15) is 31.4 Å². The van der Waals surface area contributed by atoms with Gasteiger partial charge in [-0.05, 0) is 50.6 Å². The molecule has 0 aliphatic carbocycles. The molecule has 17 heavy (non-hydrogen) atoms. The Balaban J connectivity index is 1.74. The number of nitrogens with zero attached hydrogens (tertiary/aromatic N) is 1. The Morgan fingerprint density at radius 1 is 1.35 bits per heavy atom. The molecule has 2 rings (SSSR count). The number of benzene rings is 1. The Hall–Kier alpha value is -1.06. The number of likely N-dealkylation sites (tertiary alicyclic amines) is 1. The van der Waals surface area contributed by atoms with Crippen LogP contribution in [0.2, 0.25) is 0 Å². The average Bonchev–Trinajstić information content (AvgIpc) is 2.82. The van der Waals surface area contributed by atoms with E-state index in [1.165, 1.54) is 25.9 Å². The van der Waals surface area contributed by atoms with Crippen molar-refractivity contribution in [1.29, 1.82) is 0 Å². The molecule has 1 atom stereocenters. The summed E-state index contributed by atoms with van der Waals surface area (Å²) in [4.78, 5) is 2.46. The SMILES string of the molecule is CC(OCCN1CCCC1)c1cccc(N)c1. The summed E-state index contributed by atoms with van der Waals surface area (Å²) in [6.45, 7) is 6.40. The first kappa shape index (κ1) is 12.4. The van der Waals surface area contributed by atoms with Crippen LogP contribution in [-0.2, 0) is 4.74 Å². The molecule has 3 heteroatoms. The van der Waals surface area contributed by atoms with Crippen LogP contribution in [0.3, 0.4) is 0 Å². The van der Waals surface area contributed by atoms with E-state index in [0.717, 1.165) is 24.4 Å². The summed E-state index contributed by atoms with van der Waals surface area (Å²) in [5.41, 5.74) is 7.72. The van der Waals surface area contributed by atoms with Crippen LogP contribution in [-0.4, -0.2) is 31.1 Å². The van der Waals surface area contributed by atoms with Gasteiger partial charge in [-0.15, -0.1) is 0 Å². The summed E-state index contributed by atoms with van der Waals surface area (Å²) < 4.78 is 5.85. The van der Waals surface area contributed by atoms with E-state index in [0.29, 0.717) is 0 Å². The largest absolute Gasteiger partial charge is 0.399 e. The van der Waals surface area contributed by atoms with Crippen LogP contribution < -0.4 is 5.73 Å². The van der Waals surface area contributed by atoms with Gasteiger partial charge in [-0.3, -0.25) is 0 Å². The number of hydrogen-bond acceptors (Lipinski definition) is 3. The third-order valence-corrected chi connectivity index (χ3v) is 3.35. The van der Waals surface area contributed by atoms with Crippen molar-refractivity contribution in [3.05, 3.63) is 29.8 Å². The molecule has 1 saturated heterocycles. The summed E-state index contributed by atoms with van der Waals surface area (Å²) in [6, 6.07) is 7.93. The maximum Gasteiger partial charge on any atom is 0.0798 e. The third-order valence-electron chi connectivity index (χ3n) is 3.35. The van der Waals surface area contributed by atoms with Gasteiger partial charge in [0.05, 0.1) is 12.7 Å². The van der Waals surface area contributed by atoms with E-state index in [2.05, 4.69) is 17.9 Å². The molecule has 1 aliphatic rings. The minimum absolute atomic E-state index is 0.126. The molecule has 3 nitrogen and oxygen atoms in total. The molecule has 1 fully saturated rings. The van der Waals surface area contributed by atoms with Crippen molar-refractivity contribution in [1.82, 2.24) is 4.90 Å². The predicted molar refractivity (Wildman–Crippen MR) is 70.9 cm³/mol. The molecular weight excluding hydrogens is 212 g/mol. The molecule has 1 aromatic rings. The highest BCUT2D eigenvalue weighted by Gasteiger charge is 2.12. The second-order valence-electron chi connectivity index (χ2n) is 4.73. The first-order chi connectivity index (χ1) is 8.25. The molecule has 1 aromatic carbocycles. The van der Waals surface area contributed by atoms with E-state index in [4.69, 9.17) is 10.5 Å². The van der Waals surface area contributed by atoms with Gasteiger partial charge in [0.2, 0.25) is 0 Å². The Kier molecular flexibility index (Phi) is 4.40. The lowest BCUT2D eigenvalue weighted by atomic mass is 10.1. The van der Waals surface area contributed by atoms with Gasteiger partial charge < -0.3 is 15.4 Å². The highest BCUT2D eigenvalue weighted by molar-refractivity contribution is 5.41. The van der Waals surface area contributed by atoms with Crippen molar-refractivity contribution in [3.63, 3.8) is 0 Å². The van der Waals surface area contributed by atoms with Crippen LogP contribution in [0.4, 0.5) is 5.69 Å². The van der Waals surface area contributed by atoms with Crippen LogP contribution in [0, 0.1) is 0 Å². The standard InChI is InChI=1S/C14H22N2O/c1-12(13-5-4-6-14(15)11-13)17-10-9-16-7-2-3-8-16/h4-6,11-12H,2-3,7-10,15H2,1H3. The number of nitrogen functional groups attached to an aromatic ring is 1. The van der Waals surface area contributed by atoms with Gasteiger partial charge in [0.25, 0.3) is 0 Å². The molecule has 0 saturated carbocycles. The molecule has 94 valence electrons. The van der Waals surface area contributed by atoms with Gasteiger partial charge in [0.1, 0.15) is 0 Å². The average molecular weight is 234 g/mol. The number of hydrogen-bond donors (Lipinski definition) is 1. The van der Waals surface area contributed by atoms with E-state index >= 15 is 0 Å². The molecular formula is C14H22N2O. The van der Waals surface area contributed by atoms with Crippen molar-refractivity contribution < 1.29 is 4.74 Å². The molecule has 1 unspecified atom stereocenters. The van der Waals surface area contributed by atoms with Crippen LogP contribution in [0.25, 0.3) is 0 Å². The van der Waals surface area contributed by atoms with Gasteiger partial charge in [-0.25, -0.2) is 0 Å². The second kappa shape index (κ2) is 6.03. The fourth-order valence-corrected chi connectivity index (χ4v) is 2.27. The minimum atomic E-state index is 0.126. The monoisotopic (exact) mass is 234 g/mol. The van der Waals surface area contributed by atoms with Gasteiger partial charge >= 0.3 is 0 Å².